The first-order chi connectivity index (χ1) is 14.7. The third-order valence-corrected chi connectivity index (χ3v) is 11.1. The van der Waals surface area contributed by atoms with Gasteiger partial charge in [-0.3, -0.25) is 0 Å². The van der Waals surface area contributed by atoms with Gasteiger partial charge in [0.05, 0.1) is 9.64 Å². The lowest BCUT2D eigenvalue weighted by Gasteiger charge is -2.45. The van der Waals surface area contributed by atoms with Crippen LogP contribution >= 0.6 is 0 Å². The van der Waals surface area contributed by atoms with Gasteiger partial charge in [-0.05, 0) is 68.4 Å². The Balaban J connectivity index is 1.95. The van der Waals surface area contributed by atoms with E-state index in [-0.39, 0.29) is 22.8 Å². The minimum atomic E-state index is -3.70. The molecule has 0 heterocycles. The third-order valence-electron chi connectivity index (χ3n) is 8.55. The Morgan fingerprint density at radius 3 is 2.25 bits per heavy atom. The maximum absolute atomic E-state index is 14.1. The van der Waals surface area contributed by atoms with E-state index in [0.717, 1.165) is 25.2 Å². The quantitative estimate of drug-likeness (QED) is 0.287. The van der Waals surface area contributed by atoms with E-state index >= 15 is 0 Å². The third kappa shape index (κ3) is 5.74. The van der Waals surface area contributed by atoms with Crippen molar-refractivity contribution in [2.24, 2.45) is 23.2 Å². The van der Waals surface area contributed by atoms with Gasteiger partial charge in [-0.25, -0.2) is 17.2 Å². The first-order valence-electron chi connectivity index (χ1n) is 12.4. The van der Waals surface area contributed by atoms with E-state index < -0.39 is 20.5 Å². The first-order valence-corrected chi connectivity index (χ1v) is 13.9. The van der Waals surface area contributed by atoms with Gasteiger partial charge in [0.25, 0.3) is 5.92 Å². The highest BCUT2D eigenvalue weighted by atomic mass is 32.2. The van der Waals surface area contributed by atoms with Crippen molar-refractivity contribution in [1.82, 2.24) is 0 Å². The molecule has 0 radical (unpaired) electrons. The zero-order chi connectivity index (χ0) is 24.4. The second kappa shape index (κ2) is 10.1. The second-order valence-corrected chi connectivity index (χ2v) is 13.8. The van der Waals surface area contributed by atoms with Gasteiger partial charge in [0.15, 0.2) is 9.84 Å². The van der Waals surface area contributed by atoms with Crippen molar-refractivity contribution in [1.29, 1.82) is 0 Å². The molecule has 1 aliphatic carbocycles. The van der Waals surface area contributed by atoms with E-state index in [1.807, 2.05) is 0 Å². The average Bonchev–Trinajstić information content (AvgIpc) is 2.71. The van der Waals surface area contributed by atoms with Gasteiger partial charge in [0, 0.05) is 12.0 Å². The molecule has 1 aromatic carbocycles. The van der Waals surface area contributed by atoms with Crippen LogP contribution in [0, 0.1) is 23.2 Å². The van der Waals surface area contributed by atoms with E-state index in [4.69, 9.17) is 0 Å². The van der Waals surface area contributed by atoms with E-state index in [1.165, 1.54) is 56.9 Å². The zero-order valence-corrected chi connectivity index (χ0v) is 22.0. The van der Waals surface area contributed by atoms with Crippen molar-refractivity contribution in [3.8, 4) is 0 Å². The molecule has 0 bridgehead atoms. The van der Waals surface area contributed by atoms with Crippen LogP contribution in [0.3, 0.4) is 0 Å². The van der Waals surface area contributed by atoms with Crippen LogP contribution in [0.25, 0.3) is 0 Å². The summed E-state index contributed by atoms with van der Waals surface area (Å²) in [4.78, 5) is 0.0175. The summed E-state index contributed by atoms with van der Waals surface area (Å²) in [5, 5.41) is 0. The minimum Gasteiger partial charge on any atom is -0.223 e. The highest BCUT2D eigenvalue weighted by Crippen LogP contribution is 2.48. The zero-order valence-electron chi connectivity index (χ0n) is 21.2. The summed E-state index contributed by atoms with van der Waals surface area (Å²) in [5.41, 5.74) is 0.152. The van der Waals surface area contributed by atoms with Crippen LogP contribution in [0.2, 0.25) is 0 Å². The van der Waals surface area contributed by atoms with Crippen LogP contribution in [0.15, 0.2) is 29.2 Å². The summed E-state index contributed by atoms with van der Waals surface area (Å²) in [6.07, 6.45) is 7.48. The summed E-state index contributed by atoms with van der Waals surface area (Å²) in [6.45, 7) is 14.2. The van der Waals surface area contributed by atoms with Gasteiger partial charge in [0.1, 0.15) is 0 Å². The predicted molar refractivity (Wildman–Crippen MR) is 130 cm³/mol. The number of sulfone groups is 1. The number of unbranched alkanes of at least 4 members (excludes halogenated alkanes) is 1. The lowest BCUT2D eigenvalue weighted by molar-refractivity contribution is -0.00849. The van der Waals surface area contributed by atoms with Crippen molar-refractivity contribution >= 4 is 9.84 Å². The fourth-order valence-electron chi connectivity index (χ4n) is 4.97. The standard InChI is InChI=1S/C27H44F2O2S/c1-8-20(3)25(4,5)16-11-10-13-21-17-23(18-21)26(6,7)32(30,31)24-15-12-14-22(19-24)27(28,29)9-2/h12,14-15,19-21,23H,8-11,13,16-18H2,1-7H3. The van der Waals surface area contributed by atoms with Gasteiger partial charge in [-0.1, -0.05) is 72.4 Å². The normalized spacial score (nSPS) is 21.3. The molecule has 0 N–H and O–H groups in total. The van der Waals surface area contributed by atoms with Crippen molar-refractivity contribution in [2.45, 2.75) is 115 Å². The van der Waals surface area contributed by atoms with Crippen LogP contribution in [0.4, 0.5) is 8.78 Å². The Labute approximate surface area is 195 Å². The Bertz CT molecular complexity index is 852. The average molecular weight is 471 g/mol. The number of hydrogen-bond donors (Lipinski definition) is 0. The highest BCUT2D eigenvalue weighted by Gasteiger charge is 2.48. The molecule has 184 valence electrons. The van der Waals surface area contributed by atoms with Crippen molar-refractivity contribution in [2.75, 3.05) is 0 Å². The summed E-state index contributed by atoms with van der Waals surface area (Å²) < 4.78 is 54.1. The van der Waals surface area contributed by atoms with Crippen molar-refractivity contribution in [3.63, 3.8) is 0 Å². The molecule has 32 heavy (non-hydrogen) atoms. The SMILES string of the molecule is CCC(C)C(C)(C)CCCCC1CC(C(C)(C)S(=O)(=O)c2cccc(C(F)(F)CC)c2)C1. The Hall–Kier alpha value is -0.970. The van der Waals surface area contributed by atoms with Crippen LogP contribution in [-0.2, 0) is 15.8 Å². The molecule has 1 aliphatic rings. The smallest absolute Gasteiger partial charge is 0.223 e. The summed E-state index contributed by atoms with van der Waals surface area (Å²) in [5.74, 6) is -1.64. The molecular weight excluding hydrogens is 426 g/mol. The number of hydrogen-bond acceptors (Lipinski definition) is 2. The number of rotatable bonds is 12. The molecule has 5 heteroatoms. The van der Waals surface area contributed by atoms with Gasteiger partial charge >= 0.3 is 0 Å². The first kappa shape index (κ1) is 27.3. The van der Waals surface area contributed by atoms with Crippen LogP contribution in [0.5, 0.6) is 0 Å². The van der Waals surface area contributed by atoms with Gasteiger partial charge < -0.3 is 0 Å². The minimum absolute atomic E-state index is 0.0175. The molecule has 0 saturated heterocycles. The fourth-order valence-corrected chi connectivity index (χ4v) is 6.75. The maximum Gasteiger partial charge on any atom is 0.273 e. The molecule has 0 spiro atoms. The summed E-state index contributed by atoms with van der Waals surface area (Å²) in [7, 11) is -3.70. The molecule has 2 rings (SSSR count). The van der Waals surface area contributed by atoms with Crippen molar-refractivity contribution < 1.29 is 17.2 Å². The molecule has 0 amide bonds. The van der Waals surface area contributed by atoms with Crippen LogP contribution < -0.4 is 0 Å². The molecule has 0 aromatic heterocycles. The Morgan fingerprint density at radius 1 is 1.06 bits per heavy atom. The number of halogens is 2. The number of benzene rings is 1. The molecule has 1 atom stereocenters. The topological polar surface area (TPSA) is 34.1 Å². The number of alkyl halides is 2. The lowest BCUT2D eigenvalue weighted by Crippen LogP contribution is -2.46. The van der Waals surface area contributed by atoms with E-state index in [2.05, 4.69) is 27.7 Å². The van der Waals surface area contributed by atoms with Gasteiger partial charge in [-0.2, -0.15) is 0 Å². The van der Waals surface area contributed by atoms with E-state index in [1.54, 1.807) is 13.8 Å². The summed E-state index contributed by atoms with van der Waals surface area (Å²) >= 11 is 0. The highest BCUT2D eigenvalue weighted by molar-refractivity contribution is 7.92. The maximum atomic E-state index is 14.1. The molecule has 1 aromatic rings. The van der Waals surface area contributed by atoms with Crippen LogP contribution in [-0.4, -0.2) is 13.2 Å². The predicted octanol–water partition coefficient (Wildman–Crippen LogP) is 8.40. The monoisotopic (exact) mass is 470 g/mol. The van der Waals surface area contributed by atoms with Crippen LogP contribution in [0.1, 0.15) is 105 Å². The molecule has 1 fully saturated rings. The van der Waals surface area contributed by atoms with Gasteiger partial charge in [0.2, 0.25) is 0 Å². The van der Waals surface area contributed by atoms with Crippen molar-refractivity contribution in [3.05, 3.63) is 29.8 Å². The summed E-state index contributed by atoms with van der Waals surface area (Å²) in [6, 6.07) is 5.39. The molecule has 1 saturated carbocycles. The lowest BCUT2D eigenvalue weighted by atomic mass is 9.67. The Morgan fingerprint density at radius 2 is 1.69 bits per heavy atom. The van der Waals surface area contributed by atoms with E-state index in [0.29, 0.717) is 11.3 Å². The van der Waals surface area contributed by atoms with E-state index in [9.17, 15) is 17.2 Å². The fraction of sp³-hybridized carbons (Fsp3) is 0.778. The van der Waals surface area contributed by atoms with Gasteiger partial charge in [-0.15, -0.1) is 0 Å². The molecule has 2 nitrogen and oxygen atoms in total. The molecule has 1 unspecified atom stereocenters. The Kier molecular flexibility index (Phi) is 8.62. The second-order valence-electron chi connectivity index (χ2n) is 11.3. The largest absolute Gasteiger partial charge is 0.273 e. The molecule has 0 aliphatic heterocycles. The molecular formula is C27H44F2O2S.